The summed E-state index contributed by atoms with van der Waals surface area (Å²) in [6, 6.07) is 0. The fourth-order valence-corrected chi connectivity index (χ4v) is 1.28. The molecule has 1 amide bonds. The van der Waals surface area contributed by atoms with Crippen LogP contribution in [0.4, 0.5) is 5.13 Å². The third kappa shape index (κ3) is 2.98. The summed E-state index contributed by atoms with van der Waals surface area (Å²) in [5.74, 6) is -0.0325. The molecular weight excluding hydrogens is 174 g/mol. The number of amides is 1. The minimum Gasteiger partial charge on any atom is -0.301 e. The van der Waals surface area contributed by atoms with Crippen molar-refractivity contribution in [3.05, 3.63) is 11.6 Å². The molecule has 1 aromatic rings. The second kappa shape index (κ2) is 4.18. The number of nitrogens with one attached hydrogen (secondary N) is 1. The maximum Gasteiger partial charge on any atom is 0.240 e. The van der Waals surface area contributed by atoms with Crippen molar-refractivity contribution in [3.8, 4) is 0 Å². The monoisotopic (exact) mass is 185 g/mol. The zero-order valence-electron chi connectivity index (χ0n) is 7.07. The Morgan fingerprint density at radius 2 is 2.50 bits per heavy atom. The minimum atomic E-state index is -0.0325. The normalized spacial score (nSPS) is 10.2. The molecule has 0 aliphatic rings. The van der Waals surface area contributed by atoms with Crippen molar-refractivity contribution in [2.45, 2.75) is 0 Å². The molecule has 5 heteroatoms. The lowest BCUT2D eigenvalue weighted by atomic mass is 10.5. The maximum absolute atomic E-state index is 11.1. The van der Waals surface area contributed by atoms with Gasteiger partial charge in [0.15, 0.2) is 5.13 Å². The first-order valence-corrected chi connectivity index (χ1v) is 4.40. The van der Waals surface area contributed by atoms with Gasteiger partial charge in [-0.2, -0.15) is 0 Å². The van der Waals surface area contributed by atoms with E-state index in [-0.39, 0.29) is 5.91 Å². The van der Waals surface area contributed by atoms with Gasteiger partial charge in [0.1, 0.15) is 0 Å². The van der Waals surface area contributed by atoms with Crippen LogP contribution in [-0.4, -0.2) is 36.4 Å². The van der Waals surface area contributed by atoms with Crippen LogP contribution < -0.4 is 5.32 Å². The third-order valence-electron chi connectivity index (χ3n) is 1.14. The summed E-state index contributed by atoms with van der Waals surface area (Å²) < 4.78 is 0. The summed E-state index contributed by atoms with van der Waals surface area (Å²) in [4.78, 5) is 16.9. The fourth-order valence-electron chi connectivity index (χ4n) is 0.731. The number of anilines is 1. The molecule has 0 spiro atoms. The highest BCUT2D eigenvalue weighted by Gasteiger charge is 2.03. The van der Waals surface area contributed by atoms with E-state index in [9.17, 15) is 4.79 Å². The second-order valence-corrected chi connectivity index (χ2v) is 3.52. The fraction of sp³-hybridized carbons (Fsp3) is 0.429. The van der Waals surface area contributed by atoms with Gasteiger partial charge in [0.25, 0.3) is 0 Å². The molecule has 0 unspecified atom stereocenters. The zero-order valence-corrected chi connectivity index (χ0v) is 7.89. The molecule has 0 atom stereocenters. The summed E-state index contributed by atoms with van der Waals surface area (Å²) in [5, 5.41) is 5.16. The highest BCUT2D eigenvalue weighted by molar-refractivity contribution is 7.13. The lowest BCUT2D eigenvalue weighted by Gasteiger charge is -2.07. The number of rotatable bonds is 3. The number of hydrogen-bond donors (Lipinski definition) is 1. The molecule has 66 valence electrons. The number of carbonyl (C=O) groups is 1. The van der Waals surface area contributed by atoms with E-state index in [1.807, 2.05) is 24.4 Å². The summed E-state index contributed by atoms with van der Waals surface area (Å²) in [6.07, 6.45) is 1.66. The molecule has 0 fully saturated rings. The van der Waals surface area contributed by atoms with Crippen molar-refractivity contribution in [1.29, 1.82) is 0 Å². The Balaban J connectivity index is 2.37. The number of likely N-dealkylation sites (N-methyl/N-ethyl adjacent to an activating group) is 1. The predicted octanol–water partition coefficient (Wildman–Crippen LogP) is 0.643. The standard InChI is InChI=1S/C7H11N3OS/c1-10(2)5-6(11)9-7-8-3-4-12-7/h3-4H,5H2,1-2H3,(H,8,9,11). The molecule has 0 bridgehead atoms. The molecule has 1 rings (SSSR count). The van der Waals surface area contributed by atoms with Crippen molar-refractivity contribution < 1.29 is 4.79 Å². The molecule has 0 aliphatic heterocycles. The quantitative estimate of drug-likeness (QED) is 0.751. The topological polar surface area (TPSA) is 45.2 Å². The van der Waals surface area contributed by atoms with Crippen LogP contribution in [0.1, 0.15) is 0 Å². The largest absolute Gasteiger partial charge is 0.301 e. The molecular formula is C7H11N3OS. The van der Waals surface area contributed by atoms with Crippen molar-refractivity contribution in [2.75, 3.05) is 26.0 Å². The third-order valence-corrected chi connectivity index (χ3v) is 1.83. The Morgan fingerprint density at radius 3 is 3.00 bits per heavy atom. The summed E-state index contributed by atoms with van der Waals surface area (Å²) in [7, 11) is 3.70. The molecule has 0 aromatic carbocycles. The Hall–Kier alpha value is -0.940. The van der Waals surface area contributed by atoms with Gasteiger partial charge < -0.3 is 10.2 Å². The van der Waals surface area contributed by atoms with E-state index in [0.29, 0.717) is 11.7 Å². The summed E-state index contributed by atoms with van der Waals surface area (Å²) in [5.41, 5.74) is 0. The highest BCUT2D eigenvalue weighted by atomic mass is 32.1. The number of hydrogen-bond acceptors (Lipinski definition) is 4. The second-order valence-electron chi connectivity index (χ2n) is 2.62. The van der Waals surface area contributed by atoms with E-state index in [0.717, 1.165) is 0 Å². The van der Waals surface area contributed by atoms with Gasteiger partial charge in [-0.3, -0.25) is 4.79 Å². The van der Waals surface area contributed by atoms with E-state index in [1.54, 1.807) is 6.20 Å². The van der Waals surface area contributed by atoms with Crippen LogP contribution in [0.15, 0.2) is 11.6 Å². The Morgan fingerprint density at radius 1 is 1.75 bits per heavy atom. The molecule has 1 aromatic heterocycles. The maximum atomic E-state index is 11.1. The van der Waals surface area contributed by atoms with Gasteiger partial charge in [0, 0.05) is 11.6 Å². The SMILES string of the molecule is CN(C)CC(=O)Nc1nccs1. The first-order valence-electron chi connectivity index (χ1n) is 3.52. The van der Waals surface area contributed by atoms with Crippen molar-refractivity contribution in [3.63, 3.8) is 0 Å². The van der Waals surface area contributed by atoms with Crippen LogP contribution >= 0.6 is 11.3 Å². The van der Waals surface area contributed by atoms with Gasteiger partial charge in [0.2, 0.25) is 5.91 Å². The van der Waals surface area contributed by atoms with Crippen molar-refractivity contribution >= 4 is 22.4 Å². The van der Waals surface area contributed by atoms with E-state index in [4.69, 9.17) is 0 Å². The summed E-state index contributed by atoms with van der Waals surface area (Å²) >= 11 is 1.42. The number of aromatic nitrogens is 1. The minimum absolute atomic E-state index is 0.0325. The Kier molecular flexibility index (Phi) is 3.19. The highest BCUT2D eigenvalue weighted by Crippen LogP contribution is 2.09. The van der Waals surface area contributed by atoms with Crippen LogP contribution in [0.5, 0.6) is 0 Å². The molecule has 0 radical (unpaired) electrons. The zero-order chi connectivity index (χ0) is 8.97. The Bertz CT molecular complexity index is 245. The van der Waals surface area contributed by atoms with Gasteiger partial charge in [-0.05, 0) is 14.1 Å². The number of thiazole rings is 1. The smallest absolute Gasteiger partial charge is 0.240 e. The van der Waals surface area contributed by atoms with Crippen molar-refractivity contribution in [2.24, 2.45) is 0 Å². The molecule has 1 N–H and O–H groups in total. The van der Waals surface area contributed by atoms with Gasteiger partial charge >= 0.3 is 0 Å². The van der Waals surface area contributed by atoms with Gasteiger partial charge in [-0.1, -0.05) is 0 Å². The molecule has 4 nitrogen and oxygen atoms in total. The molecule has 1 heterocycles. The van der Waals surface area contributed by atoms with E-state index in [2.05, 4.69) is 10.3 Å². The van der Waals surface area contributed by atoms with E-state index in [1.165, 1.54) is 11.3 Å². The predicted molar refractivity (Wildman–Crippen MR) is 49.3 cm³/mol. The van der Waals surface area contributed by atoms with Crippen LogP contribution in [0.3, 0.4) is 0 Å². The van der Waals surface area contributed by atoms with Crippen LogP contribution in [0, 0.1) is 0 Å². The van der Waals surface area contributed by atoms with Crippen LogP contribution in [0.25, 0.3) is 0 Å². The first kappa shape index (κ1) is 9.15. The molecule has 12 heavy (non-hydrogen) atoms. The number of carbonyl (C=O) groups excluding carboxylic acids is 1. The lowest BCUT2D eigenvalue weighted by molar-refractivity contribution is -0.116. The van der Waals surface area contributed by atoms with Crippen LogP contribution in [0.2, 0.25) is 0 Å². The van der Waals surface area contributed by atoms with Gasteiger partial charge in [-0.15, -0.1) is 11.3 Å². The Labute approximate surface area is 75.2 Å². The van der Waals surface area contributed by atoms with E-state index < -0.39 is 0 Å². The average molecular weight is 185 g/mol. The lowest BCUT2D eigenvalue weighted by Crippen LogP contribution is -2.26. The van der Waals surface area contributed by atoms with Crippen LogP contribution in [-0.2, 0) is 4.79 Å². The average Bonchev–Trinajstić information content (AvgIpc) is 2.37. The molecule has 0 saturated heterocycles. The van der Waals surface area contributed by atoms with E-state index >= 15 is 0 Å². The van der Waals surface area contributed by atoms with Gasteiger partial charge in [0.05, 0.1) is 6.54 Å². The van der Waals surface area contributed by atoms with Gasteiger partial charge in [-0.25, -0.2) is 4.98 Å². The molecule has 0 saturated carbocycles. The van der Waals surface area contributed by atoms with Crippen molar-refractivity contribution in [1.82, 2.24) is 9.88 Å². The summed E-state index contributed by atoms with van der Waals surface area (Å²) in [6.45, 7) is 0.388. The number of nitrogens with zero attached hydrogens (tertiary/aromatic N) is 2. The first-order chi connectivity index (χ1) is 5.68. The molecule has 0 aliphatic carbocycles.